The SMILES string of the molecule is C=CCS/C(=C/C(O)c1ccccc1)SC. The van der Waals surface area contributed by atoms with Crippen molar-refractivity contribution < 1.29 is 5.11 Å². The van der Waals surface area contributed by atoms with Gasteiger partial charge in [-0.3, -0.25) is 0 Å². The van der Waals surface area contributed by atoms with Crippen molar-refractivity contribution in [2.75, 3.05) is 12.0 Å². The van der Waals surface area contributed by atoms with Crippen LogP contribution < -0.4 is 0 Å². The van der Waals surface area contributed by atoms with Crippen molar-refractivity contribution in [2.45, 2.75) is 6.10 Å². The molecule has 0 fully saturated rings. The highest BCUT2D eigenvalue weighted by molar-refractivity contribution is 8.22. The molecule has 0 saturated heterocycles. The molecule has 1 atom stereocenters. The van der Waals surface area contributed by atoms with Crippen LogP contribution in [0.4, 0.5) is 0 Å². The molecule has 86 valence electrons. The van der Waals surface area contributed by atoms with Crippen molar-refractivity contribution >= 4 is 23.5 Å². The largest absolute Gasteiger partial charge is 0.384 e. The van der Waals surface area contributed by atoms with E-state index in [2.05, 4.69) is 6.58 Å². The third-order valence-corrected chi connectivity index (χ3v) is 4.19. The Hall–Kier alpha value is -0.640. The smallest absolute Gasteiger partial charge is 0.0990 e. The highest BCUT2D eigenvalue weighted by atomic mass is 32.2. The predicted octanol–water partition coefficient (Wildman–Crippen LogP) is 3.84. The van der Waals surface area contributed by atoms with Crippen molar-refractivity contribution in [3.63, 3.8) is 0 Å². The summed E-state index contributed by atoms with van der Waals surface area (Å²) in [6, 6.07) is 9.67. The number of hydrogen-bond donors (Lipinski definition) is 1. The molecule has 0 radical (unpaired) electrons. The summed E-state index contributed by atoms with van der Waals surface area (Å²) in [5.74, 6) is 0.869. The second kappa shape index (κ2) is 7.60. The fourth-order valence-corrected chi connectivity index (χ4v) is 2.64. The molecule has 0 aliphatic rings. The van der Waals surface area contributed by atoms with Gasteiger partial charge < -0.3 is 5.11 Å². The Balaban J connectivity index is 2.69. The summed E-state index contributed by atoms with van der Waals surface area (Å²) < 4.78 is 1.12. The molecule has 0 aromatic heterocycles. The van der Waals surface area contributed by atoms with Gasteiger partial charge in [0.15, 0.2) is 0 Å². The van der Waals surface area contributed by atoms with Crippen LogP contribution in [0, 0.1) is 0 Å². The molecule has 0 aliphatic heterocycles. The Morgan fingerprint density at radius 3 is 2.69 bits per heavy atom. The van der Waals surface area contributed by atoms with Gasteiger partial charge in [0.1, 0.15) is 0 Å². The summed E-state index contributed by atoms with van der Waals surface area (Å²) in [6.45, 7) is 3.68. The van der Waals surface area contributed by atoms with Crippen molar-refractivity contribution in [2.24, 2.45) is 0 Å². The minimum absolute atomic E-state index is 0.527. The maximum absolute atomic E-state index is 9.99. The Labute approximate surface area is 106 Å². The van der Waals surface area contributed by atoms with Gasteiger partial charge in [0.05, 0.1) is 6.10 Å². The zero-order chi connectivity index (χ0) is 11.8. The van der Waals surface area contributed by atoms with E-state index in [0.717, 1.165) is 15.6 Å². The highest BCUT2D eigenvalue weighted by Crippen LogP contribution is 2.29. The van der Waals surface area contributed by atoms with E-state index in [-0.39, 0.29) is 0 Å². The molecule has 0 saturated carbocycles. The maximum atomic E-state index is 9.99. The van der Waals surface area contributed by atoms with Crippen molar-refractivity contribution in [1.29, 1.82) is 0 Å². The molecule has 1 nitrogen and oxygen atoms in total. The molecule has 1 aromatic rings. The standard InChI is InChI=1S/C13H16OS2/c1-3-9-16-13(15-2)10-12(14)11-7-5-4-6-8-11/h3-8,10,12,14H,1,9H2,2H3/b13-10+. The zero-order valence-electron chi connectivity index (χ0n) is 9.30. The number of thioether (sulfide) groups is 2. The van der Waals surface area contributed by atoms with Crippen LogP contribution in [0.1, 0.15) is 11.7 Å². The fourth-order valence-electron chi connectivity index (χ4n) is 1.19. The van der Waals surface area contributed by atoms with E-state index in [1.54, 1.807) is 23.5 Å². The monoisotopic (exact) mass is 252 g/mol. The second-order valence-corrected chi connectivity index (χ2v) is 5.31. The summed E-state index contributed by atoms with van der Waals surface area (Å²) in [4.78, 5) is 0. The number of aliphatic hydroxyl groups excluding tert-OH is 1. The number of benzene rings is 1. The van der Waals surface area contributed by atoms with Crippen LogP contribution in [0.3, 0.4) is 0 Å². The quantitative estimate of drug-likeness (QED) is 0.777. The Kier molecular flexibility index (Phi) is 6.38. The molecule has 1 unspecified atom stereocenters. The van der Waals surface area contributed by atoms with Crippen LogP contribution in [-0.2, 0) is 0 Å². The van der Waals surface area contributed by atoms with Crippen molar-refractivity contribution in [3.8, 4) is 0 Å². The molecule has 0 heterocycles. The first-order valence-corrected chi connectivity index (χ1v) is 7.21. The van der Waals surface area contributed by atoms with Gasteiger partial charge in [-0.1, -0.05) is 36.4 Å². The van der Waals surface area contributed by atoms with Crippen LogP contribution >= 0.6 is 23.5 Å². The first kappa shape index (κ1) is 13.4. The number of rotatable bonds is 6. The van der Waals surface area contributed by atoms with Gasteiger partial charge in [0, 0.05) is 9.99 Å². The van der Waals surface area contributed by atoms with Crippen LogP contribution in [-0.4, -0.2) is 17.1 Å². The molecule has 0 amide bonds. The number of hydrogen-bond acceptors (Lipinski definition) is 3. The zero-order valence-corrected chi connectivity index (χ0v) is 10.9. The molecule has 0 spiro atoms. The third-order valence-electron chi connectivity index (χ3n) is 1.98. The third kappa shape index (κ3) is 4.47. The van der Waals surface area contributed by atoms with Gasteiger partial charge in [-0.2, -0.15) is 0 Å². The van der Waals surface area contributed by atoms with Crippen molar-refractivity contribution in [1.82, 2.24) is 0 Å². The van der Waals surface area contributed by atoms with Gasteiger partial charge in [-0.25, -0.2) is 0 Å². The summed E-state index contributed by atoms with van der Waals surface area (Å²) in [6.07, 6.45) is 5.23. The van der Waals surface area contributed by atoms with E-state index in [9.17, 15) is 5.11 Å². The van der Waals surface area contributed by atoms with Crippen molar-refractivity contribution in [3.05, 3.63) is 58.9 Å². The molecule has 1 rings (SSSR count). The van der Waals surface area contributed by atoms with Gasteiger partial charge in [0.25, 0.3) is 0 Å². The lowest BCUT2D eigenvalue weighted by molar-refractivity contribution is 0.229. The number of aliphatic hydroxyl groups is 1. The Morgan fingerprint density at radius 1 is 1.44 bits per heavy atom. The maximum Gasteiger partial charge on any atom is 0.0990 e. The summed E-state index contributed by atoms with van der Waals surface area (Å²) in [5.41, 5.74) is 0.924. The fraction of sp³-hybridized carbons (Fsp3) is 0.231. The van der Waals surface area contributed by atoms with E-state index >= 15 is 0 Å². The lowest BCUT2D eigenvalue weighted by Gasteiger charge is -2.08. The van der Waals surface area contributed by atoms with E-state index in [0.29, 0.717) is 0 Å². The molecule has 0 bridgehead atoms. The second-order valence-electron chi connectivity index (χ2n) is 3.15. The summed E-state index contributed by atoms with van der Waals surface area (Å²) in [7, 11) is 0. The van der Waals surface area contributed by atoms with Gasteiger partial charge in [-0.05, 0) is 17.9 Å². The van der Waals surface area contributed by atoms with Crippen LogP contribution in [0.25, 0.3) is 0 Å². The van der Waals surface area contributed by atoms with Gasteiger partial charge >= 0.3 is 0 Å². The molecule has 3 heteroatoms. The Bertz CT molecular complexity index is 346. The lowest BCUT2D eigenvalue weighted by Crippen LogP contribution is -1.93. The average Bonchev–Trinajstić information content (AvgIpc) is 2.35. The van der Waals surface area contributed by atoms with Gasteiger partial charge in [-0.15, -0.1) is 30.1 Å². The molecule has 16 heavy (non-hydrogen) atoms. The summed E-state index contributed by atoms with van der Waals surface area (Å²) in [5, 5.41) is 9.99. The average molecular weight is 252 g/mol. The highest BCUT2D eigenvalue weighted by Gasteiger charge is 2.05. The lowest BCUT2D eigenvalue weighted by atomic mass is 10.1. The van der Waals surface area contributed by atoms with E-state index in [1.165, 1.54) is 0 Å². The molecule has 1 N–H and O–H groups in total. The van der Waals surface area contributed by atoms with E-state index in [1.807, 2.05) is 48.7 Å². The first-order valence-electron chi connectivity index (χ1n) is 5.00. The van der Waals surface area contributed by atoms with Gasteiger partial charge in [0.2, 0.25) is 0 Å². The molecular weight excluding hydrogens is 236 g/mol. The summed E-state index contributed by atoms with van der Waals surface area (Å²) >= 11 is 3.34. The minimum Gasteiger partial charge on any atom is -0.384 e. The Morgan fingerprint density at radius 2 is 2.12 bits per heavy atom. The minimum atomic E-state index is -0.527. The van der Waals surface area contributed by atoms with E-state index < -0.39 is 6.10 Å². The molecule has 1 aromatic carbocycles. The van der Waals surface area contributed by atoms with Crippen LogP contribution in [0.15, 0.2) is 53.3 Å². The van der Waals surface area contributed by atoms with Crippen LogP contribution in [0.2, 0.25) is 0 Å². The van der Waals surface area contributed by atoms with Crippen LogP contribution in [0.5, 0.6) is 0 Å². The predicted molar refractivity (Wildman–Crippen MR) is 75.7 cm³/mol. The molecule has 0 aliphatic carbocycles. The first-order chi connectivity index (χ1) is 7.77. The normalized spacial score (nSPS) is 13.5. The topological polar surface area (TPSA) is 20.2 Å². The van der Waals surface area contributed by atoms with E-state index in [4.69, 9.17) is 0 Å². The molecular formula is C13H16OS2.